The first kappa shape index (κ1) is 8.60. The van der Waals surface area contributed by atoms with Crippen LogP contribution in [0.25, 0.3) is 5.78 Å². The van der Waals surface area contributed by atoms with Crippen molar-refractivity contribution in [3.63, 3.8) is 0 Å². The molecule has 0 aromatic carbocycles. The molecular weight excluding hydrogens is 186 g/mol. The summed E-state index contributed by atoms with van der Waals surface area (Å²) in [5.41, 5.74) is -0.414. The third kappa shape index (κ3) is 1.41. The Kier molecular flexibility index (Phi) is 1.88. The van der Waals surface area contributed by atoms with Crippen LogP contribution in [-0.4, -0.2) is 36.1 Å². The number of hydrogen-bond acceptors (Lipinski definition) is 6. The van der Waals surface area contributed by atoms with E-state index < -0.39 is 5.69 Å². The average Bonchev–Trinajstić information content (AvgIpc) is 2.50. The second-order valence-electron chi connectivity index (χ2n) is 3.08. The third-order valence-electron chi connectivity index (χ3n) is 1.51. The van der Waals surface area contributed by atoms with Crippen LogP contribution in [0, 0.1) is 0 Å². The van der Waals surface area contributed by atoms with Gasteiger partial charge in [0.05, 0.1) is 0 Å². The summed E-state index contributed by atoms with van der Waals surface area (Å²) in [5, 5.41) is 13.3. The molecule has 0 bridgehead atoms. The summed E-state index contributed by atoms with van der Waals surface area (Å²) in [5.74, 6) is 0.546. The zero-order valence-electron chi connectivity index (χ0n) is 7.72. The minimum Gasteiger partial charge on any atom is -0.353 e. The van der Waals surface area contributed by atoms with Crippen molar-refractivity contribution in [1.29, 1.82) is 0 Å². The molecule has 2 aromatic rings. The minimum absolute atomic E-state index is 0.177. The van der Waals surface area contributed by atoms with Crippen LogP contribution >= 0.6 is 0 Å². The molecule has 14 heavy (non-hydrogen) atoms. The van der Waals surface area contributed by atoms with Crippen LogP contribution < -0.4 is 11.0 Å². The van der Waals surface area contributed by atoms with Crippen molar-refractivity contribution in [3.8, 4) is 0 Å². The molecule has 8 heteroatoms. The monoisotopic (exact) mass is 195 g/mol. The number of anilines is 1. The number of nitrogens with one attached hydrogen (secondary N) is 2. The fraction of sp³-hybridized carbons (Fsp3) is 0.500. The second kappa shape index (κ2) is 3.05. The molecule has 0 unspecified atom stereocenters. The maximum absolute atomic E-state index is 11.3. The average molecular weight is 195 g/mol. The molecule has 2 aromatic heterocycles. The van der Waals surface area contributed by atoms with Gasteiger partial charge >= 0.3 is 5.69 Å². The Morgan fingerprint density at radius 1 is 1.50 bits per heavy atom. The van der Waals surface area contributed by atoms with E-state index in [1.807, 2.05) is 13.8 Å². The van der Waals surface area contributed by atoms with E-state index in [0.717, 1.165) is 4.52 Å². The van der Waals surface area contributed by atoms with E-state index in [2.05, 4.69) is 30.8 Å². The van der Waals surface area contributed by atoms with Gasteiger partial charge in [-0.2, -0.15) is 4.98 Å². The summed E-state index contributed by atoms with van der Waals surface area (Å²) in [4.78, 5) is 17.8. The molecule has 2 N–H and O–H groups in total. The highest BCUT2D eigenvalue weighted by molar-refractivity contribution is 5.33. The van der Waals surface area contributed by atoms with Gasteiger partial charge in [0, 0.05) is 6.04 Å². The Balaban J connectivity index is 2.53. The second-order valence-corrected chi connectivity index (χ2v) is 3.08. The van der Waals surface area contributed by atoms with Gasteiger partial charge < -0.3 is 5.32 Å². The number of aromatic nitrogens is 6. The molecule has 0 aliphatic rings. The summed E-state index contributed by atoms with van der Waals surface area (Å²) in [7, 11) is 0. The highest BCUT2D eigenvalue weighted by atomic mass is 16.1. The van der Waals surface area contributed by atoms with E-state index in [4.69, 9.17) is 0 Å². The fourth-order valence-electron chi connectivity index (χ4n) is 1.01. The number of hydrogen-bond donors (Lipinski definition) is 2. The minimum atomic E-state index is -0.414. The van der Waals surface area contributed by atoms with Crippen LogP contribution in [0.15, 0.2) is 4.79 Å². The first-order valence-electron chi connectivity index (χ1n) is 4.12. The van der Waals surface area contributed by atoms with Crippen molar-refractivity contribution in [2.75, 3.05) is 5.32 Å². The number of fused-ring (bicyclic) bond motifs is 1. The maximum atomic E-state index is 11.3. The SMILES string of the molecule is CC(C)Nc1nc2nnnn2c(=O)[nH]1. The van der Waals surface area contributed by atoms with E-state index >= 15 is 0 Å². The Labute approximate surface area is 78.4 Å². The van der Waals surface area contributed by atoms with Crippen molar-refractivity contribution in [3.05, 3.63) is 10.5 Å². The van der Waals surface area contributed by atoms with E-state index in [1.54, 1.807) is 0 Å². The molecule has 2 heterocycles. The zero-order chi connectivity index (χ0) is 10.1. The maximum Gasteiger partial charge on any atom is 0.353 e. The van der Waals surface area contributed by atoms with E-state index in [0.29, 0.717) is 5.95 Å². The van der Waals surface area contributed by atoms with Gasteiger partial charge in [0.2, 0.25) is 5.95 Å². The lowest BCUT2D eigenvalue weighted by Gasteiger charge is -2.06. The van der Waals surface area contributed by atoms with Crippen LogP contribution in [0.4, 0.5) is 5.95 Å². The Hall–Kier alpha value is -1.99. The number of nitrogens with zero attached hydrogens (tertiary/aromatic N) is 5. The smallest absolute Gasteiger partial charge is 0.353 e. The number of tetrazole rings is 1. The molecule has 0 saturated heterocycles. The first-order chi connectivity index (χ1) is 6.66. The summed E-state index contributed by atoms with van der Waals surface area (Å²) in [6, 6.07) is 0.177. The van der Waals surface area contributed by atoms with Crippen LogP contribution in [0.3, 0.4) is 0 Å². The molecule has 0 aliphatic carbocycles. The number of H-pyrrole nitrogens is 1. The fourth-order valence-corrected chi connectivity index (χ4v) is 1.01. The van der Waals surface area contributed by atoms with Crippen molar-refractivity contribution in [2.24, 2.45) is 0 Å². The van der Waals surface area contributed by atoms with Crippen molar-refractivity contribution < 1.29 is 0 Å². The van der Waals surface area contributed by atoms with Crippen LogP contribution in [0.2, 0.25) is 0 Å². The van der Waals surface area contributed by atoms with Crippen LogP contribution in [0.1, 0.15) is 13.8 Å². The molecule has 0 aliphatic heterocycles. The van der Waals surface area contributed by atoms with Crippen molar-refractivity contribution >= 4 is 11.7 Å². The molecular formula is C6H9N7O. The summed E-state index contributed by atoms with van der Waals surface area (Å²) < 4.78 is 0.992. The Morgan fingerprint density at radius 3 is 3.00 bits per heavy atom. The van der Waals surface area contributed by atoms with Crippen molar-refractivity contribution in [1.82, 2.24) is 30.0 Å². The lowest BCUT2D eigenvalue weighted by molar-refractivity contribution is 0.768. The van der Waals surface area contributed by atoms with Gasteiger partial charge in [-0.25, -0.2) is 4.79 Å². The Bertz CT molecular complexity index is 498. The standard InChI is InChI=1S/C6H9N7O/c1-3(2)7-4-8-5-10-11-12-13(5)6(14)9-4/h3H,1-2H3,(H2,7,8,9,10,12,14). The number of rotatable bonds is 2. The highest BCUT2D eigenvalue weighted by Gasteiger charge is 2.05. The molecule has 2 rings (SSSR count). The Morgan fingerprint density at radius 2 is 2.29 bits per heavy atom. The molecule has 0 atom stereocenters. The summed E-state index contributed by atoms with van der Waals surface area (Å²) in [6.07, 6.45) is 0. The van der Waals surface area contributed by atoms with E-state index in [1.165, 1.54) is 0 Å². The first-order valence-corrected chi connectivity index (χ1v) is 4.12. The molecule has 0 amide bonds. The van der Waals surface area contributed by atoms with Gasteiger partial charge in [-0.1, -0.05) is 5.10 Å². The molecule has 74 valence electrons. The molecule has 0 spiro atoms. The van der Waals surface area contributed by atoms with Crippen molar-refractivity contribution in [2.45, 2.75) is 19.9 Å². The van der Waals surface area contributed by atoms with Crippen LogP contribution in [-0.2, 0) is 0 Å². The quantitative estimate of drug-likeness (QED) is 0.639. The highest BCUT2D eigenvalue weighted by Crippen LogP contribution is 1.97. The lowest BCUT2D eigenvalue weighted by Crippen LogP contribution is -2.23. The predicted molar refractivity (Wildman–Crippen MR) is 48.0 cm³/mol. The molecule has 0 saturated carbocycles. The molecule has 8 nitrogen and oxygen atoms in total. The molecule has 0 fully saturated rings. The summed E-state index contributed by atoms with van der Waals surface area (Å²) in [6.45, 7) is 3.87. The zero-order valence-corrected chi connectivity index (χ0v) is 7.72. The van der Waals surface area contributed by atoms with Crippen LogP contribution in [0.5, 0.6) is 0 Å². The van der Waals surface area contributed by atoms with Gasteiger partial charge in [0.15, 0.2) is 0 Å². The number of aromatic amines is 1. The van der Waals surface area contributed by atoms with Gasteiger partial charge in [-0.05, 0) is 24.3 Å². The molecule has 0 radical (unpaired) electrons. The lowest BCUT2D eigenvalue weighted by atomic mass is 10.4. The third-order valence-corrected chi connectivity index (χ3v) is 1.51. The van der Waals surface area contributed by atoms with Gasteiger partial charge in [-0.15, -0.1) is 4.52 Å². The normalized spacial score (nSPS) is 11.1. The van der Waals surface area contributed by atoms with E-state index in [9.17, 15) is 4.79 Å². The van der Waals surface area contributed by atoms with E-state index in [-0.39, 0.29) is 11.8 Å². The van der Waals surface area contributed by atoms with Gasteiger partial charge in [-0.3, -0.25) is 4.98 Å². The van der Waals surface area contributed by atoms with Gasteiger partial charge in [0.25, 0.3) is 5.78 Å². The topological polar surface area (TPSA) is 101 Å². The van der Waals surface area contributed by atoms with Gasteiger partial charge in [0.1, 0.15) is 0 Å². The predicted octanol–water partition coefficient (Wildman–Crippen LogP) is -0.972. The summed E-state index contributed by atoms with van der Waals surface area (Å²) >= 11 is 0. The largest absolute Gasteiger partial charge is 0.353 e.